The number of hydrogen-bond acceptors (Lipinski definition) is 3. The lowest BCUT2D eigenvalue weighted by atomic mass is 9.88. The molecular formula is C50H32N2O. The van der Waals surface area contributed by atoms with Gasteiger partial charge in [-0.2, -0.15) is 0 Å². The Balaban J connectivity index is 1.16. The quantitative estimate of drug-likeness (QED) is 0.149. The minimum absolute atomic E-state index is 0.174. The highest BCUT2D eigenvalue weighted by Gasteiger charge is 2.27. The van der Waals surface area contributed by atoms with Crippen molar-refractivity contribution in [2.24, 2.45) is 4.99 Å². The van der Waals surface area contributed by atoms with Crippen molar-refractivity contribution in [2.45, 2.75) is 6.04 Å². The van der Waals surface area contributed by atoms with Crippen LogP contribution >= 0.6 is 0 Å². The van der Waals surface area contributed by atoms with E-state index >= 15 is 0 Å². The summed E-state index contributed by atoms with van der Waals surface area (Å²) in [4.78, 5) is 5.46. The fourth-order valence-electron chi connectivity index (χ4n) is 8.46. The van der Waals surface area contributed by atoms with Gasteiger partial charge in [0.1, 0.15) is 17.3 Å². The van der Waals surface area contributed by atoms with Gasteiger partial charge in [-0.15, -0.1) is 0 Å². The first kappa shape index (κ1) is 29.7. The third kappa shape index (κ3) is 4.78. The first-order valence-electron chi connectivity index (χ1n) is 18.2. The Bertz CT molecular complexity index is 3010. The van der Waals surface area contributed by atoms with Crippen molar-refractivity contribution >= 4 is 54.6 Å². The van der Waals surface area contributed by atoms with Crippen molar-refractivity contribution in [1.82, 2.24) is 5.32 Å². The molecule has 0 fully saturated rings. The normalized spacial score (nSPS) is 14.8. The number of aliphatic imine (C=N–C) groups is 1. The molecule has 1 atom stereocenters. The highest BCUT2D eigenvalue weighted by molar-refractivity contribution is 6.15. The molecular weight excluding hydrogens is 645 g/mol. The first-order chi connectivity index (χ1) is 26.3. The van der Waals surface area contributed by atoms with Crippen molar-refractivity contribution in [3.63, 3.8) is 0 Å². The molecule has 9 aromatic rings. The summed E-state index contributed by atoms with van der Waals surface area (Å²) < 4.78 is 6.50. The van der Waals surface area contributed by atoms with E-state index in [1.807, 2.05) is 0 Å². The summed E-state index contributed by atoms with van der Waals surface area (Å²) >= 11 is 0. The second-order valence-electron chi connectivity index (χ2n) is 13.9. The molecule has 0 radical (unpaired) electrons. The lowest BCUT2D eigenvalue weighted by Crippen LogP contribution is -2.32. The monoisotopic (exact) mass is 676 g/mol. The number of amidine groups is 1. The number of fused-ring (bicyclic) bond motifs is 6. The zero-order chi connectivity index (χ0) is 34.9. The minimum Gasteiger partial charge on any atom is -0.456 e. The second-order valence-corrected chi connectivity index (χ2v) is 13.9. The van der Waals surface area contributed by atoms with Gasteiger partial charge in [0, 0.05) is 22.1 Å². The summed E-state index contributed by atoms with van der Waals surface area (Å²) in [6, 6.07) is 62.6. The highest BCUT2D eigenvalue weighted by Crippen LogP contribution is 2.48. The van der Waals surface area contributed by atoms with Crippen LogP contribution in [-0.4, -0.2) is 5.84 Å². The van der Waals surface area contributed by atoms with E-state index in [4.69, 9.17) is 9.73 Å². The van der Waals surface area contributed by atoms with Crippen LogP contribution in [0, 0.1) is 0 Å². The summed E-state index contributed by atoms with van der Waals surface area (Å²) in [6.07, 6.45) is 2.31. The standard InChI is InChI=1S/C50H32N2O/c1-2-12-31(13-3-1)36-18-8-9-21-41(36)50-51-44(35-25-27-46-43(29-35)39-22-10-16-33-17-11-23-47(53-46)48(33)39)30-45(52-50)49-38-20-7-5-15-34(38)28-42-37-19-6-4-14-32(37)24-26-40(42)49/h1-30,45H,(H,51,52). The van der Waals surface area contributed by atoms with Crippen LogP contribution in [-0.2, 0) is 0 Å². The Kier molecular flexibility index (Phi) is 6.62. The van der Waals surface area contributed by atoms with E-state index in [-0.39, 0.29) is 6.04 Å². The van der Waals surface area contributed by atoms with Crippen molar-refractivity contribution in [1.29, 1.82) is 0 Å². The van der Waals surface area contributed by atoms with Crippen LogP contribution in [0.5, 0.6) is 11.5 Å². The maximum Gasteiger partial charge on any atom is 0.135 e. The smallest absolute Gasteiger partial charge is 0.135 e. The van der Waals surface area contributed by atoms with Crippen LogP contribution in [0.4, 0.5) is 0 Å². The molecule has 1 unspecified atom stereocenters. The number of hydrogen-bond donors (Lipinski definition) is 1. The maximum atomic E-state index is 6.50. The summed E-state index contributed by atoms with van der Waals surface area (Å²) in [5.41, 5.74) is 8.80. The number of nitrogens with zero attached hydrogens (tertiary/aromatic N) is 1. The van der Waals surface area contributed by atoms with Gasteiger partial charge >= 0.3 is 0 Å². The molecule has 3 nitrogen and oxygen atoms in total. The fraction of sp³-hybridized carbons (Fsp3) is 0.0200. The van der Waals surface area contributed by atoms with Crippen LogP contribution in [0.2, 0.25) is 0 Å². The topological polar surface area (TPSA) is 33.6 Å². The van der Waals surface area contributed by atoms with Crippen LogP contribution in [0.15, 0.2) is 187 Å². The van der Waals surface area contributed by atoms with Gasteiger partial charge in [0.05, 0.1) is 11.7 Å². The number of ether oxygens (including phenoxy) is 1. The second kappa shape index (κ2) is 11.8. The summed E-state index contributed by atoms with van der Waals surface area (Å²) in [6.45, 7) is 0. The Labute approximate surface area is 307 Å². The van der Waals surface area contributed by atoms with Crippen LogP contribution in [0.1, 0.15) is 22.7 Å². The van der Waals surface area contributed by atoms with Gasteiger partial charge < -0.3 is 10.1 Å². The minimum atomic E-state index is -0.174. The third-order valence-electron chi connectivity index (χ3n) is 10.9. The van der Waals surface area contributed by atoms with Crippen LogP contribution in [0.25, 0.3) is 71.0 Å². The largest absolute Gasteiger partial charge is 0.456 e. The summed E-state index contributed by atoms with van der Waals surface area (Å²) in [7, 11) is 0. The van der Waals surface area contributed by atoms with Gasteiger partial charge in [-0.1, -0.05) is 146 Å². The van der Waals surface area contributed by atoms with E-state index in [1.54, 1.807) is 0 Å². The van der Waals surface area contributed by atoms with E-state index in [9.17, 15) is 0 Å². The Morgan fingerprint density at radius 3 is 2.04 bits per heavy atom. The molecule has 2 heterocycles. The Morgan fingerprint density at radius 1 is 0.434 bits per heavy atom. The number of rotatable bonds is 4. The molecule has 0 saturated carbocycles. The van der Waals surface area contributed by atoms with Crippen LogP contribution in [0.3, 0.4) is 0 Å². The van der Waals surface area contributed by atoms with Gasteiger partial charge in [0.15, 0.2) is 0 Å². The molecule has 53 heavy (non-hydrogen) atoms. The van der Waals surface area contributed by atoms with E-state index < -0.39 is 0 Å². The van der Waals surface area contributed by atoms with E-state index in [0.717, 1.165) is 56.2 Å². The Hall–Kier alpha value is -6.97. The third-order valence-corrected chi connectivity index (χ3v) is 10.9. The van der Waals surface area contributed by atoms with Crippen molar-refractivity contribution in [3.8, 4) is 33.8 Å². The lowest BCUT2D eigenvalue weighted by molar-refractivity contribution is 0.487. The van der Waals surface area contributed by atoms with Gasteiger partial charge in [-0.3, -0.25) is 0 Å². The number of nitrogens with one attached hydrogen (secondary N) is 1. The van der Waals surface area contributed by atoms with Gasteiger partial charge in [0.2, 0.25) is 0 Å². The lowest BCUT2D eigenvalue weighted by Gasteiger charge is -2.28. The molecule has 0 bridgehead atoms. The maximum absolute atomic E-state index is 6.50. The van der Waals surface area contributed by atoms with E-state index in [2.05, 4.69) is 187 Å². The molecule has 2 aliphatic rings. The van der Waals surface area contributed by atoms with Gasteiger partial charge in [0.25, 0.3) is 0 Å². The molecule has 0 saturated heterocycles. The molecule has 1 N–H and O–H groups in total. The molecule has 248 valence electrons. The molecule has 3 heteroatoms. The molecule has 0 spiro atoms. The zero-order valence-corrected chi connectivity index (χ0v) is 28.8. The average Bonchev–Trinajstić information content (AvgIpc) is 3.23. The van der Waals surface area contributed by atoms with E-state index in [1.165, 1.54) is 48.8 Å². The number of benzene rings is 9. The molecule has 0 amide bonds. The summed E-state index contributed by atoms with van der Waals surface area (Å²) in [5.74, 6) is 2.60. The van der Waals surface area contributed by atoms with Crippen molar-refractivity contribution in [3.05, 3.63) is 199 Å². The van der Waals surface area contributed by atoms with Crippen molar-refractivity contribution in [2.75, 3.05) is 0 Å². The average molecular weight is 677 g/mol. The summed E-state index contributed by atoms with van der Waals surface area (Å²) in [5, 5.41) is 13.7. The van der Waals surface area contributed by atoms with E-state index in [0.29, 0.717) is 0 Å². The highest BCUT2D eigenvalue weighted by atomic mass is 16.5. The molecule has 2 aliphatic heterocycles. The fourth-order valence-corrected chi connectivity index (χ4v) is 8.46. The molecule has 9 aromatic carbocycles. The zero-order valence-electron chi connectivity index (χ0n) is 28.8. The SMILES string of the molecule is C1=C(c2ccc3c(c2)-c2cccc4cccc(c24)O3)N=C(c2ccccc2-c2ccccc2)NC1c1c2ccccc2cc2c1ccc1ccccc12. The van der Waals surface area contributed by atoms with Crippen LogP contribution < -0.4 is 10.1 Å². The predicted octanol–water partition coefficient (Wildman–Crippen LogP) is 12.9. The van der Waals surface area contributed by atoms with Crippen molar-refractivity contribution < 1.29 is 4.74 Å². The van der Waals surface area contributed by atoms with Gasteiger partial charge in [-0.25, -0.2) is 4.99 Å². The molecule has 0 aliphatic carbocycles. The van der Waals surface area contributed by atoms with Gasteiger partial charge in [-0.05, 0) is 96.4 Å². The predicted molar refractivity (Wildman–Crippen MR) is 221 cm³/mol. The first-order valence-corrected chi connectivity index (χ1v) is 18.2. The molecule has 11 rings (SSSR count). The molecule has 0 aromatic heterocycles. The Morgan fingerprint density at radius 2 is 1.15 bits per heavy atom.